The van der Waals surface area contributed by atoms with E-state index in [2.05, 4.69) is 15.6 Å². The predicted molar refractivity (Wildman–Crippen MR) is 116 cm³/mol. The van der Waals surface area contributed by atoms with Crippen molar-refractivity contribution in [3.63, 3.8) is 0 Å². The molecule has 0 radical (unpaired) electrons. The number of ether oxygens (including phenoxy) is 1. The van der Waals surface area contributed by atoms with Crippen molar-refractivity contribution in [2.75, 3.05) is 0 Å². The summed E-state index contributed by atoms with van der Waals surface area (Å²) in [6.45, 7) is 2.76. The first-order valence-corrected chi connectivity index (χ1v) is 10.8. The van der Waals surface area contributed by atoms with Crippen LogP contribution in [0, 0.1) is 6.92 Å². The van der Waals surface area contributed by atoms with Crippen LogP contribution in [0.1, 0.15) is 49.8 Å². The Morgan fingerprint density at radius 2 is 1.70 bits per heavy atom. The van der Waals surface area contributed by atoms with E-state index in [1.54, 1.807) is 47.7 Å². The quantitative estimate of drug-likeness (QED) is 0.579. The molecule has 1 aliphatic carbocycles. The summed E-state index contributed by atoms with van der Waals surface area (Å²) in [6.07, 6.45) is 2.13. The fourth-order valence-corrected chi connectivity index (χ4v) is 3.49. The first kappa shape index (κ1) is 20.1. The second kappa shape index (κ2) is 9.09. The number of rotatable bonds is 8. The molecule has 1 fully saturated rings. The van der Waals surface area contributed by atoms with E-state index in [1.807, 2.05) is 24.4 Å². The summed E-state index contributed by atoms with van der Waals surface area (Å²) in [4.78, 5) is 28.8. The average molecular weight is 422 g/mol. The minimum Gasteiger partial charge on any atom is -0.487 e. The Morgan fingerprint density at radius 3 is 2.33 bits per heavy atom. The van der Waals surface area contributed by atoms with E-state index in [-0.39, 0.29) is 11.8 Å². The SMILES string of the molecule is Cc1nc(COc2ccc(C(=O)NCc3ccc(C(=O)NC4CC4)cc3)cc2)cs1. The van der Waals surface area contributed by atoms with E-state index < -0.39 is 0 Å². The minimum atomic E-state index is -0.160. The lowest BCUT2D eigenvalue weighted by Crippen LogP contribution is -2.25. The molecule has 0 bridgehead atoms. The molecule has 154 valence electrons. The van der Waals surface area contributed by atoms with Crippen LogP contribution in [0.5, 0.6) is 5.75 Å². The monoisotopic (exact) mass is 421 g/mol. The number of aryl methyl sites for hydroxylation is 1. The molecule has 0 unspecified atom stereocenters. The predicted octanol–water partition coefficient (Wildman–Crippen LogP) is 3.85. The Kier molecular flexibility index (Phi) is 6.09. The molecule has 0 aliphatic heterocycles. The van der Waals surface area contributed by atoms with Crippen LogP contribution in [0.3, 0.4) is 0 Å². The summed E-state index contributed by atoms with van der Waals surface area (Å²) in [5, 5.41) is 8.85. The molecule has 0 saturated heterocycles. The van der Waals surface area contributed by atoms with E-state index in [4.69, 9.17) is 4.74 Å². The van der Waals surface area contributed by atoms with E-state index in [1.165, 1.54) is 0 Å². The van der Waals surface area contributed by atoms with Gasteiger partial charge in [0, 0.05) is 29.1 Å². The Labute approximate surface area is 179 Å². The van der Waals surface area contributed by atoms with Crippen molar-refractivity contribution in [3.05, 3.63) is 81.3 Å². The number of hydrogen-bond donors (Lipinski definition) is 2. The van der Waals surface area contributed by atoms with Crippen LogP contribution in [-0.2, 0) is 13.2 Å². The van der Waals surface area contributed by atoms with Gasteiger partial charge in [-0.15, -0.1) is 11.3 Å². The van der Waals surface area contributed by atoms with E-state index >= 15 is 0 Å². The van der Waals surface area contributed by atoms with E-state index in [0.717, 1.165) is 29.1 Å². The first-order chi connectivity index (χ1) is 14.6. The third-order valence-corrected chi connectivity index (χ3v) is 5.57. The Hall–Kier alpha value is -3.19. The van der Waals surface area contributed by atoms with Gasteiger partial charge in [0.25, 0.3) is 11.8 Å². The normalized spacial score (nSPS) is 13.0. The third-order valence-electron chi connectivity index (χ3n) is 4.75. The van der Waals surface area contributed by atoms with Crippen molar-refractivity contribution in [3.8, 4) is 5.75 Å². The molecule has 2 N–H and O–H groups in total. The molecule has 1 aromatic heterocycles. The lowest BCUT2D eigenvalue weighted by Gasteiger charge is -2.08. The van der Waals surface area contributed by atoms with Gasteiger partial charge < -0.3 is 15.4 Å². The highest BCUT2D eigenvalue weighted by Gasteiger charge is 2.23. The number of nitrogens with one attached hydrogen (secondary N) is 2. The molecular weight excluding hydrogens is 398 g/mol. The second-order valence-corrected chi connectivity index (χ2v) is 8.36. The van der Waals surface area contributed by atoms with Gasteiger partial charge >= 0.3 is 0 Å². The van der Waals surface area contributed by atoms with Crippen molar-refractivity contribution >= 4 is 23.2 Å². The summed E-state index contributed by atoms with van der Waals surface area (Å²) < 4.78 is 5.71. The lowest BCUT2D eigenvalue weighted by molar-refractivity contribution is 0.0941. The van der Waals surface area contributed by atoms with Crippen LogP contribution in [-0.4, -0.2) is 22.8 Å². The fraction of sp³-hybridized carbons (Fsp3) is 0.261. The van der Waals surface area contributed by atoms with Crippen molar-refractivity contribution in [2.24, 2.45) is 0 Å². The smallest absolute Gasteiger partial charge is 0.251 e. The largest absolute Gasteiger partial charge is 0.487 e. The molecule has 4 rings (SSSR count). The third kappa shape index (κ3) is 5.45. The van der Waals surface area contributed by atoms with Crippen molar-refractivity contribution in [2.45, 2.75) is 39.0 Å². The Balaban J connectivity index is 1.25. The number of nitrogens with zero attached hydrogens (tertiary/aromatic N) is 1. The Bertz CT molecular complexity index is 1020. The number of hydrogen-bond acceptors (Lipinski definition) is 5. The van der Waals surface area contributed by atoms with Gasteiger partial charge in [-0.2, -0.15) is 0 Å². The molecule has 0 spiro atoms. The van der Waals surface area contributed by atoms with Gasteiger partial charge in [-0.25, -0.2) is 4.98 Å². The molecule has 2 amide bonds. The van der Waals surface area contributed by atoms with Crippen molar-refractivity contribution < 1.29 is 14.3 Å². The lowest BCUT2D eigenvalue weighted by atomic mass is 10.1. The highest BCUT2D eigenvalue weighted by Crippen LogP contribution is 2.19. The maximum atomic E-state index is 12.4. The second-order valence-electron chi connectivity index (χ2n) is 7.30. The molecule has 2 aromatic carbocycles. The highest BCUT2D eigenvalue weighted by atomic mass is 32.1. The van der Waals surface area contributed by atoms with Crippen LogP contribution < -0.4 is 15.4 Å². The van der Waals surface area contributed by atoms with Gasteiger partial charge in [0.15, 0.2) is 0 Å². The molecule has 1 heterocycles. The molecule has 6 nitrogen and oxygen atoms in total. The summed E-state index contributed by atoms with van der Waals surface area (Å²) in [5.41, 5.74) is 3.04. The van der Waals surface area contributed by atoms with Gasteiger partial charge in [-0.1, -0.05) is 12.1 Å². The zero-order valence-corrected chi connectivity index (χ0v) is 17.5. The highest BCUT2D eigenvalue weighted by molar-refractivity contribution is 7.09. The minimum absolute atomic E-state index is 0.0414. The summed E-state index contributed by atoms with van der Waals surface area (Å²) in [5.74, 6) is 0.491. The van der Waals surface area contributed by atoms with E-state index in [0.29, 0.717) is 36.1 Å². The van der Waals surface area contributed by atoms with Crippen molar-refractivity contribution in [1.29, 1.82) is 0 Å². The molecule has 7 heteroatoms. The topological polar surface area (TPSA) is 80.3 Å². The van der Waals surface area contributed by atoms with Gasteiger partial charge in [0.2, 0.25) is 0 Å². The molecule has 1 aliphatic rings. The maximum Gasteiger partial charge on any atom is 0.251 e. The molecule has 3 aromatic rings. The zero-order valence-electron chi connectivity index (χ0n) is 16.7. The number of carbonyl (C=O) groups is 2. The summed E-state index contributed by atoms with van der Waals surface area (Å²) in [6, 6.07) is 14.7. The summed E-state index contributed by atoms with van der Waals surface area (Å²) >= 11 is 1.59. The molecular formula is C23H23N3O3S. The van der Waals surface area contributed by atoms with Crippen LogP contribution in [0.4, 0.5) is 0 Å². The fourth-order valence-electron chi connectivity index (χ4n) is 2.89. The molecule has 1 saturated carbocycles. The van der Waals surface area contributed by atoms with Gasteiger partial charge in [0.1, 0.15) is 12.4 Å². The van der Waals surface area contributed by atoms with Crippen LogP contribution >= 0.6 is 11.3 Å². The van der Waals surface area contributed by atoms with Crippen LogP contribution in [0.25, 0.3) is 0 Å². The van der Waals surface area contributed by atoms with Crippen LogP contribution in [0.15, 0.2) is 53.9 Å². The number of amides is 2. The standard InChI is InChI=1S/C23H23N3O3S/c1-15-25-20(14-30-15)13-29-21-10-6-17(7-11-21)22(27)24-12-16-2-4-18(5-3-16)23(28)26-19-8-9-19/h2-7,10-11,14,19H,8-9,12-13H2,1H3,(H,24,27)(H,26,28). The Morgan fingerprint density at radius 1 is 1.03 bits per heavy atom. The number of carbonyl (C=O) groups excluding carboxylic acids is 2. The van der Waals surface area contributed by atoms with Gasteiger partial charge in [0.05, 0.1) is 10.7 Å². The van der Waals surface area contributed by atoms with Crippen LogP contribution in [0.2, 0.25) is 0 Å². The summed E-state index contributed by atoms with van der Waals surface area (Å²) in [7, 11) is 0. The average Bonchev–Trinajstić information content (AvgIpc) is 3.49. The van der Waals surface area contributed by atoms with E-state index in [9.17, 15) is 9.59 Å². The number of thiazole rings is 1. The first-order valence-electron chi connectivity index (χ1n) is 9.89. The zero-order chi connectivity index (χ0) is 20.9. The van der Waals surface area contributed by atoms with Gasteiger partial charge in [-0.3, -0.25) is 9.59 Å². The maximum absolute atomic E-state index is 12.4. The van der Waals surface area contributed by atoms with Crippen molar-refractivity contribution in [1.82, 2.24) is 15.6 Å². The molecule has 0 atom stereocenters. The molecule has 30 heavy (non-hydrogen) atoms. The van der Waals surface area contributed by atoms with Gasteiger partial charge in [-0.05, 0) is 61.7 Å². The number of aromatic nitrogens is 1. The number of benzene rings is 2.